The van der Waals surface area contributed by atoms with Crippen LogP contribution < -0.4 is 10.2 Å². The molecule has 1 N–H and O–H groups in total. The monoisotopic (exact) mass is 365 g/mol. The highest BCUT2D eigenvalue weighted by atomic mass is 16.3. The lowest BCUT2D eigenvalue weighted by Crippen LogP contribution is -2.49. The van der Waals surface area contributed by atoms with Gasteiger partial charge in [0.25, 0.3) is 5.91 Å². The first-order valence-electron chi connectivity index (χ1n) is 9.20. The summed E-state index contributed by atoms with van der Waals surface area (Å²) in [5, 5.41) is 2.97. The van der Waals surface area contributed by atoms with Gasteiger partial charge in [0.15, 0.2) is 5.76 Å². The average molecular weight is 365 g/mol. The number of amides is 1. The fourth-order valence-corrected chi connectivity index (χ4v) is 3.51. The third kappa shape index (κ3) is 4.06. The summed E-state index contributed by atoms with van der Waals surface area (Å²) >= 11 is 0. The lowest BCUT2D eigenvalue weighted by Gasteiger charge is -2.39. The number of nitrogens with one attached hydrogen (secondary N) is 1. The molecule has 0 spiro atoms. The molecule has 6 heteroatoms. The molecule has 3 heterocycles. The van der Waals surface area contributed by atoms with E-state index in [0.717, 1.165) is 31.9 Å². The summed E-state index contributed by atoms with van der Waals surface area (Å²) in [5.74, 6) is 0.976. The van der Waals surface area contributed by atoms with Crippen LogP contribution in [0.15, 0.2) is 76.0 Å². The molecule has 0 saturated carbocycles. The van der Waals surface area contributed by atoms with E-state index in [1.165, 1.54) is 12.0 Å². The van der Waals surface area contributed by atoms with Gasteiger partial charge in [0, 0.05) is 38.4 Å². The Morgan fingerprint density at radius 2 is 1.67 bits per heavy atom. The van der Waals surface area contributed by atoms with Gasteiger partial charge in [-0.15, -0.1) is 0 Å². The number of piperazine rings is 1. The zero-order valence-electron chi connectivity index (χ0n) is 15.1. The molecule has 4 rings (SSSR count). The van der Waals surface area contributed by atoms with Crippen molar-refractivity contribution in [2.75, 3.05) is 37.6 Å². The highest BCUT2D eigenvalue weighted by Crippen LogP contribution is 2.24. The molecule has 1 aliphatic rings. The molecule has 1 fully saturated rings. The van der Waals surface area contributed by atoms with Gasteiger partial charge in [-0.1, -0.05) is 18.2 Å². The van der Waals surface area contributed by atoms with E-state index < -0.39 is 0 Å². The largest absolute Gasteiger partial charge is 0.468 e. The minimum absolute atomic E-state index is 0.00293. The second kappa shape index (κ2) is 8.14. The van der Waals surface area contributed by atoms with Crippen LogP contribution in [0, 0.1) is 0 Å². The van der Waals surface area contributed by atoms with E-state index in [0.29, 0.717) is 12.3 Å². The minimum atomic E-state index is -0.209. The van der Waals surface area contributed by atoms with Crippen LogP contribution in [0.4, 0.5) is 5.69 Å². The highest BCUT2D eigenvalue weighted by Gasteiger charge is 2.27. The van der Waals surface area contributed by atoms with Crippen molar-refractivity contribution in [1.82, 2.24) is 10.2 Å². The summed E-state index contributed by atoms with van der Waals surface area (Å²) in [5.41, 5.74) is 1.25. The van der Waals surface area contributed by atoms with Gasteiger partial charge < -0.3 is 19.1 Å². The van der Waals surface area contributed by atoms with Gasteiger partial charge in [-0.3, -0.25) is 9.69 Å². The zero-order chi connectivity index (χ0) is 18.5. The van der Waals surface area contributed by atoms with Gasteiger partial charge in [0.2, 0.25) is 0 Å². The first-order chi connectivity index (χ1) is 13.3. The van der Waals surface area contributed by atoms with Crippen LogP contribution in [0.3, 0.4) is 0 Å². The van der Waals surface area contributed by atoms with E-state index in [9.17, 15) is 4.79 Å². The number of rotatable bonds is 6. The molecule has 1 aromatic carbocycles. The van der Waals surface area contributed by atoms with Crippen molar-refractivity contribution in [2.45, 2.75) is 6.04 Å². The predicted molar refractivity (Wildman–Crippen MR) is 103 cm³/mol. The van der Waals surface area contributed by atoms with E-state index in [2.05, 4.69) is 39.4 Å². The molecule has 6 nitrogen and oxygen atoms in total. The number of furan rings is 2. The number of anilines is 1. The van der Waals surface area contributed by atoms with Crippen LogP contribution in [0.2, 0.25) is 0 Å². The van der Waals surface area contributed by atoms with Crippen LogP contribution in [-0.4, -0.2) is 43.5 Å². The van der Waals surface area contributed by atoms with Crippen molar-refractivity contribution >= 4 is 11.6 Å². The molecule has 1 atom stereocenters. The fraction of sp³-hybridized carbons (Fsp3) is 0.286. The topological polar surface area (TPSA) is 61.9 Å². The molecule has 0 aliphatic carbocycles. The van der Waals surface area contributed by atoms with E-state index in [-0.39, 0.29) is 11.9 Å². The Morgan fingerprint density at radius 1 is 0.926 bits per heavy atom. The van der Waals surface area contributed by atoms with E-state index in [4.69, 9.17) is 8.83 Å². The summed E-state index contributed by atoms with van der Waals surface area (Å²) in [6.07, 6.45) is 3.18. The number of carbonyl (C=O) groups excluding carboxylic acids is 1. The number of nitrogens with zero attached hydrogens (tertiary/aromatic N) is 2. The van der Waals surface area contributed by atoms with Crippen molar-refractivity contribution in [3.05, 3.63) is 78.6 Å². The Labute approximate surface area is 158 Å². The first-order valence-corrected chi connectivity index (χ1v) is 9.20. The van der Waals surface area contributed by atoms with Crippen LogP contribution in [0.1, 0.15) is 22.4 Å². The summed E-state index contributed by atoms with van der Waals surface area (Å²) in [4.78, 5) is 17.0. The van der Waals surface area contributed by atoms with Crippen molar-refractivity contribution in [3.8, 4) is 0 Å². The lowest BCUT2D eigenvalue weighted by molar-refractivity contribution is 0.0895. The van der Waals surface area contributed by atoms with Crippen LogP contribution in [-0.2, 0) is 0 Å². The zero-order valence-corrected chi connectivity index (χ0v) is 15.1. The number of hydrogen-bond donors (Lipinski definition) is 1. The SMILES string of the molecule is O=C(NC[C@H](c1ccco1)N1CCN(c2ccccc2)CC1)c1ccco1. The van der Waals surface area contributed by atoms with Gasteiger partial charge in [0.1, 0.15) is 5.76 Å². The molecule has 27 heavy (non-hydrogen) atoms. The summed E-state index contributed by atoms with van der Waals surface area (Å²) in [6.45, 7) is 4.15. The maximum absolute atomic E-state index is 12.2. The Morgan fingerprint density at radius 3 is 2.33 bits per heavy atom. The standard InChI is InChI=1S/C21H23N3O3/c25-21(20-9-5-15-27-20)22-16-18(19-8-4-14-26-19)24-12-10-23(11-13-24)17-6-2-1-3-7-17/h1-9,14-15,18H,10-13,16H2,(H,22,25)/t18-/m1/s1. The molecule has 0 bridgehead atoms. The van der Waals surface area contributed by atoms with Crippen LogP contribution >= 0.6 is 0 Å². The molecule has 0 radical (unpaired) electrons. The number of carbonyl (C=O) groups is 1. The predicted octanol–water partition coefficient (Wildman–Crippen LogP) is 3.17. The van der Waals surface area contributed by atoms with Gasteiger partial charge >= 0.3 is 0 Å². The highest BCUT2D eigenvalue weighted by molar-refractivity contribution is 5.91. The Balaban J connectivity index is 1.40. The van der Waals surface area contributed by atoms with Crippen LogP contribution in [0.25, 0.3) is 0 Å². The maximum atomic E-state index is 12.2. The Bertz CT molecular complexity index is 823. The lowest BCUT2D eigenvalue weighted by atomic mass is 10.1. The third-order valence-corrected chi connectivity index (χ3v) is 4.95. The minimum Gasteiger partial charge on any atom is -0.468 e. The van der Waals surface area contributed by atoms with Crippen molar-refractivity contribution in [1.29, 1.82) is 0 Å². The maximum Gasteiger partial charge on any atom is 0.287 e. The van der Waals surface area contributed by atoms with E-state index in [1.54, 1.807) is 18.4 Å². The Kier molecular flexibility index (Phi) is 5.25. The quantitative estimate of drug-likeness (QED) is 0.727. The molecule has 0 unspecified atom stereocenters. The van der Waals surface area contributed by atoms with Gasteiger partial charge in [-0.2, -0.15) is 0 Å². The van der Waals surface area contributed by atoms with Crippen molar-refractivity contribution in [3.63, 3.8) is 0 Å². The van der Waals surface area contributed by atoms with Gasteiger partial charge in [-0.25, -0.2) is 0 Å². The number of hydrogen-bond acceptors (Lipinski definition) is 5. The third-order valence-electron chi connectivity index (χ3n) is 4.95. The molecular weight excluding hydrogens is 342 g/mol. The summed E-state index contributed by atoms with van der Waals surface area (Å²) < 4.78 is 10.8. The number of benzene rings is 1. The fourth-order valence-electron chi connectivity index (χ4n) is 3.51. The van der Waals surface area contributed by atoms with Crippen LogP contribution in [0.5, 0.6) is 0 Å². The van der Waals surface area contributed by atoms with Crippen molar-refractivity contribution < 1.29 is 13.6 Å². The summed E-state index contributed by atoms with van der Waals surface area (Å²) in [7, 11) is 0. The first kappa shape index (κ1) is 17.4. The summed E-state index contributed by atoms with van der Waals surface area (Å²) in [6, 6.07) is 17.7. The number of para-hydroxylation sites is 1. The molecule has 1 aliphatic heterocycles. The van der Waals surface area contributed by atoms with Gasteiger partial charge in [0.05, 0.1) is 18.6 Å². The molecule has 3 aromatic rings. The molecule has 140 valence electrons. The second-order valence-electron chi connectivity index (χ2n) is 6.58. The molecular formula is C21H23N3O3. The molecule has 1 amide bonds. The smallest absolute Gasteiger partial charge is 0.287 e. The second-order valence-corrected chi connectivity index (χ2v) is 6.58. The Hall–Kier alpha value is -2.99. The average Bonchev–Trinajstić information content (AvgIpc) is 3.44. The molecule has 1 saturated heterocycles. The normalized spacial score (nSPS) is 16.2. The molecule has 2 aromatic heterocycles. The van der Waals surface area contributed by atoms with Crippen molar-refractivity contribution in [2.24, 2.45) is 0 Å². The van der Waals surface area contributed by atoms with Gasteiger partial charge in [-0.05, 0) is 36.4 Å². The van der Waals surface area contributed by atoms with E-state index >= 15 is 0 Å². The van der Waals surface area contributed by atoms with E-state index in [1.807, 2.05) is 18.2 Å².